The summed E-state index contributed by atoms with van der Waals surface area (Å²) in [6, 6.07) is 8.62. The van der Waals surface area contributed by atoms with E-state index in [1.54, 1.807) is 6.92 Å². The topological polar surface area (TPSA) is 38.3 Å². The lowest BCUT2D eigenvalue weighted by molar-refractivity contribution is -0.153. The maximum Gasteiger partial charge on any atom is 0.217 e. The highest BCUT2D eigenvalue weighted by molar-refractivity contribution is 5.73. The Labute approximate surface area is 139 Å². The minimum Gasteiger partial charge on any atom is -0.370 e. The third kappa shape index (κ3) is 3.45. The van der Waals surface area contributed by atoms with Crippen molar-refractivity contribution in [3.63, 3.8) is 0 Å². The molecular weight excluding hydrogens is 286 g/mol. The molecule has 1 aliphatic carbocycles. The van der Waals surface area contributed by atoms with Crippen LogP contribution in [-0.4, -0.2) is 17.6 Å². The lowest BCUT2D eigenvalue weighted by Crippen LogP contribution is -2.60. The van der Waals surface area contributed by atoms with Gasteiger partial charge in [-0.05, 0) is 38.2 Å². The van der Waals surface area contributed by atoms with Crippen LogP contribution in [0.15, 0.2) is 24.3 Å². The molecule has 1 aromatic carbocycles. The van der Waals surface area contributed by atoms with Crippen molar-refractivity contribution < 1.29 is 9.53 Å². The van der Waals surface area contributed by atoms with Gasteiger partial charge in [0, 0.05) is 24.8 Å². The fourth-order valence-corrected chi connectivity index (χ4v) is 4.53. The number of rotatable bonds is 2. The number of nitrogens with one attached hydrogen (secondary N) is 1. The quantitative estimate of drug-likeness (QED) is 0.890. The zero-order chi connectivity index (χ0) is 16.6. The summed E-state index contributed by atoms with van der Waals surface area (Å²) in [5.74, 6) is 1.19. The average Bonchev–Trinajstić information content (AvgIpc) is 2.46. The van der Waals surface area contributed by atoms with Gasteiger partial charge in [0.1, 0.15) is 0 Å². The van der Waals surface area contributed by atoms with Gasteiger partial charge in [-0.1, -0.05) is 43.2 Å². The standard InChI is InChI=1S/C20H29NO2/c1-13-5-8-16(9-6-13)19-12-20(4,21-15(3)22)17-10-7-14(2)11-18(17)23-19/h5-6,8-9,14,17-19H,7,10-12H2,1-4H3,(H,21,22)/t14-,17-,18-,19+,20-/m1/s1. The molecule has 1 aromatic rings. The molecule has 0 radical (unpaired) electrons. The van der Waals surface area contributed by atoms with Crippen molar-refractivity contribution in [3.8, 4) is 0 Å². The molecule has 0 unspecified atom stereocenters. The zero-order valence-corrected chi connectivity index (χ0v) is 14.8. The van der Waals surface area contributed by atoms with Crippen molar-refractivity contribution in [2.24, 2.45) is 11.8 Å². The van der Waals surface area contributed by atoms with Crippen LogP contribution in [-0.2, 0) is 9.53 Å². The third-order valence-electron chi connectivity index (χ3n) is 5.73. The predicted molar refractivity (Wildman–Crippen MR) is 92.1 cm³/mol. The summed E-state index contributed by atoms with van der Waals surface area (Å²) < 4.78 is 6.51. The third-order valence-corrected chi connectivity index (χ3v) is 5.73. The summed E-state index contributed by atoms with van der Waals surface area (Å²) in [5, 5.41) is 3.26. The van der Waals surface area contributed by atoms with Crippen LogP contribution >= 0.6 is 0 Å². The Balaban J connectivity index is 1.88. The SMILES string of the molecule is CC(=O)N[C@]1(C)C[C@@H](c2ccc(C)cc2)O[C@@H]2C[C@H](C)CC[C@H]21. The lowest BCUT2D eigenvalue weighted by atomic mass is 9.66. The number of amides is 1. The van der Waals surface area contributed by atoms with Crippen LogP contribution in [0.3, 0.4) is 0 Å². The highest BCUT2D eigenvalue weighted by Gasteiger charge is 2.49. The van der Waals surface area contributed by atoms with Crippen LogP contribution in [0.1, 0.15) is 63.7 Å². The van der Waals surface area contributed by atoms with Crippen LogP contribution in [0.4, 0.5) is 0 Å². The highest BCUT2D eigenvalue weighted by Crippen LogP contribution is 2.47. The van der Waals surface area contributed by atoms with E-state index in [9.17, 15) is 4.79 Å². The predicted octanol–water partition coefficient (Wildman–Crippen LogP) is 4.16. The Morgan fingerprint density at radius 1 is 1.26 bits per heavy atom. The molecule has 0 spiro atoms. The molecule has 23 heavy (non-hydrogen) atoms. The van der Waals surface area contributed by atoms with Crippen molar-refractivity contribution in [1.82, 2.24) is 5.32 Å². The molecule has 3 nitrogen and oxygen atoms in total. The van der Waals surface area contributed by atoms with Crippen molar-refractivity contribution in [1.29, 1.82) is 0 Å². The molecule has 1 saturated carbocycles. The van der Waals surface area contributed by atoms with Gasteiger partial charge in [0.15, 0.2) is 0 Å². The van der Waals surface area contributed by atoms with Gasteiger partial charge in [-0.3, -0.25) is 4.79 Å². The van der Waals surface area contributed by atoms with E-state index in [-0.39, 0.29) is 23.7 Å². The fourth-order valence-electron chi connectivity index (χ4n) is 4.53. The number of carbonyl (C=O) groups excluding carboxylic acids is 1. The van der Waals surface area contributed by atoms with Crippen LogP contribution in [0.2, 0.25) is 0 Å². The second-order valence-corrected chi connectivity index (χ2v) is 7.90. The number of fused-ring (bicyclic) bond motifs is 1. The molecule has 0 aromatic heterocycles. The summed E-state index contributed by atoms with van der Waals surface area (Å²) in [5.41, 5.74) is 2.31. The first-order chi connectivity index (χ1) is 10.9. The summed E-state index contributed by atoms with van der Waals surface area (Å²) in [6.07, 6.45) is 4.64. The normalized spacial score (nSPS) is 37.0. The Bertz CT molecular complexity index is 568. The zero-order valence-electron chi connectivity index (χ0n) is 14.8. The molecule has 5 atom stereocenters. The number of hydrogen-bond acceptors (Lipinski definition) is 2. The van der Waals surface area contributed by atoms with Crippen LogP contribution in [0, 0.1) is 18.8 Å². The molecule has 2 aliphatic rings. The number of ether oxygens (including phenoxy) is 1. The van der Waals surface area contributed by atoms with Gasteiger partial charge in [0.2, 0.25) is 5.91 Å². The van der Waals surface area contributed by atoms with Gasteiger partial charge in [-0.25, -0.2) is 0 Å². The van der Waals surface area contributed by atoms with Crippen LogP contribution in [0.25, 0.3) is 0 Å². The summed E-state index contributed by atoms with van der Waals surface area (Å²) in [7, 11) is 0. The number of carbonyl (C=O) groups is 1. The van der Waals surface area contributed by atoms with E-state index in [4.69, 9.17) is 4.74 Å². The van der Waals surface area contributed by atoms with E-state index < -0.39 is 0 Å². The van der Waals surface area contributed by atoms with Crippen LogP contribution in [0.5, 0.6) is 0 Å². The maximum atomic E-state index is 11.8. The van der Waals surface area contributed by atoms with E-state index in [1.165, 1.54) is 17.5 Å². The maximum absolute atomic E-state index is 11.8. The molecule has 1 aliphatic heterocycles. The first-order valence-electron chi connectivity index (χ1n) is 8.88. The fraction of sp³-hybridized carbons (Fsp3) is 0.650. The Hall–Kier alpha value is -1.35. The van der Waals surface area contributed by atoms with Crippen LogP contribution < -0.4 is 5.32 Å². The number of benzene rings is 1. The largest absolute Gasteiger partial charge is 0.370 e. The second-order valence-electron chi connectivity index (χ2n) is 7.90. The Morgan fingerprint density at radius 2 is 1.96 bits per heavy atom. The van der Waals surface area contributed by atoms with Gasteiger partial charge < -0.3 is 10.1 Å². The van der Waals surface area contributed by atoms with E-state index in [2.05, 4.69) is 50.4 Å². The van der Waals surface area contributed by atoms with Gasteiger partial charge in [0.25, 0.3) is 0 Å². The number of aryl methyl sites for hydroxylation is 1. The monoisotopic (exact) mass is 315 g/mol. The number of hydrogen-bond donors (Lipinski definition) is 1. The van der Waals surface area contributed by atoms with Crippen molar-refractivity contribution in [3.05, 3.63) is 35.4 Å². The summed E-state index contributed by atoms with van der Waals surface area (Å²) in [6.45, 7) is 8.25. The Kier molecular flexibility index (Phi) is 4.50. The second kappa shape index (κ2) is 6.27. The van der Waals surface area contributed by atoms with Gasteiger partial charge in [0.05, 0.1) is 12.2 Å². The van der Waals surface area contributed by atoms with Crippen molar-refractivity contribution >= 4 is 5.91 Å². The summed E-state index contributed by atoms with van der Waals surface area (Å²) in [4.78, 5) is 11.8. The smallest absolute Gasteiger partial charge is 0.217 e. The first kappa shape index (κ1) is 16.5. The van der Waals surface area contributed by atoms with Gasteiger partial charge >= 0.3 is 0 Å². The molecule has 1 amide bonds. The van der Waals surface area contributed by atoms with E-state index in [0.29, 0.717) is 11.8 Å². The summed E-state index contributed by atoms with van der Waals surface area (Å²) >= 11 is 0. The molecule has 1 N–H and O–H groups in total. The van der Waals surface area contributed by atoms with E-state index >= 15 is 0 Å². The molecule has 3 rings (SSSR count). The minimum atomic E-state index is -0.176. The molecule has 1 heterocycles. The molecule has 0 bridgehead atoms. The van der Waals surface area contributed by atoms with Crippen molar-refractivity contribution in [2.75, 3.05) is 0 Å². The molecule has 1 saturated heterocycles. The molecular formula is C20H29NO2. The molecule has 3 heteroatoms. The van der Waals surface area contributed by atoms with E-state index in [0.717, 1.165) is 19.3 Å². The van der Waals surface area contributed by atoms with Gasteiger partial charge in [-0.2, -0.15) is 0 Å². The molecule has 126 valence electrons. The van der Waals surface area contributed by atoms with Crippen molar-refractivity contribution in [2.45, 2.75) is 71.1 Å². The lowest BCUT2D eigenvalue weighted by Gasteiger charge is -2.52. The Morgan fingerprint density at radius 3 is 2.61 bits per heavy atom. The highest BCUT2D eigenvalue weighted by atomic mass is 16.5. The molecule has 2 fully saturated rings. The minimum absolute atomic E-state index is 0.0643. The van der Waals surface area contributed by atoms with Gasteiger partial charge in [-0.15, -0.1) is 0 Å². The van der Waals surface area contributed by atoms with E-state index in [1.807, 2.05) is 0 Å². The average molecular weight is 315 g/mol. The first-order valence-corrected chi connectivity index (χ1v) is 8.88.